The highest BCUT2D eigenvalue weighted by Crippen LogP contribution is 2.35. The summed E-state index contributed by atoms with van der Waals surface area (Å²) in [6.45, 7) is 0.669. The first-order chi connectivity index (χ1) is 11.2. The Morgan fingerprint density at radius 1 is 1.22 bits per heavy atom. The zero-order valence-electron chi connectivity index (χ0n) is 12.9. The Labute approximate surface area is 134 Å². The summed E-state index contributed by atoms with van der Waals surface area (Å²) in [5.41, 5.74) is 0. The van der Waals surface area contributed by atoms with Crippen molar-refractivity contribution in [2.45, 2.75) is 32.2 Å². The van der Waals surface area contributed by atoms with Gasteiger partial charge in [-0.2, -0.15) is 0 Å². The lowest BCUT2D eigenvalue weighted by Gasteiger charge is -2.14. The zero-order valence-corrected chi connectivity index (χ0v) is 12.9. The van der Waals surface area contributed by atoms with Crippen LogP contribution in [-0.2, 0) is 20.9 Å². The van der Waals surface area contributed by atoms with Gasteiger partial charge in [-0.25, -0.2) is 0 Å². The molecule has 2 heterocycles. The summed E-state index contributed by atoms with van der Waals surface area (Å²) in [5, 5.41) is 2.75. The average Bonchev–Trinajstić information content (AvgIpc) is 3.16. The van der Waals surface area contributed by atoms with Crippen molar-refractivity contribution in [2.75, 3.05) is 6.54 Å². The predicted octanol–water partition coefficient (Wildman–Crippen LogP) is 1.63. The minimum Gasteiger partial charge on any atom is -0.467 e. The normalized spacial score (nSPS) is 23.2. The highest BCUT2D eigenvalue weighted by atomic mass is 16.3. The van der Waals surface area contributed by atoms with Crippen molar-refractivity contribution in [2.24, 2.45) is 11.8 Å². The fraction of sp³-hybridized carbons (Fsp3) is 0.471. The number of furan rings is 1. The molecular weight excluding hydrogens is 296 g/mol. The second-order valence-corrected chi connectivity index (χ2v) is 5.94. The van der Waals surface area contributed by atoms with E-state index in [0.29, 0.717) is 38.1 Å². The summed E-state index contributed by atoms with van der Waals surface area (Å²) in [6, 6.07) is 3.55. The molecule has 0 unspecified atom stereocenters. The Kier molecular flexibility index (Phi) is 4.60. The quantitative estimate of drug-likeness (QED) is 0.639. The van der Waals surface area contributed by atoms with Crippen LogP contribution in [0.25, 0.3) is 0 Å². The van der Waals surface area contributed by atoms with E-state index in [-0.39, 0.29) is 36.0 Å². The van der Waals surface area contributed by atoms with Crippen LogP contribution in [0.5, 0.6) is 0 Å². The van der Waals surface area contributed by atoms with Crippen LogP contribution in [0, 0.1) is 11.8 Å². The molecule has 23 heavy (non-hydrogen) atoms. The van der Waals surface area contributed by atoms with Crippen molar-refractivity contribution in [1.82, 2.24) is 10.2 Å². The average molecular weight is 316 g/mol. The van der Waals surface area contributed by atoms with Crippen LogP contribution in [0.3, 0.4) is 0 Å². The van der Waals surface area contributed by atoms with Crippen molar-refractivity contribution in [1.29, 1.82) is 0 Å². The number of amides is 3. The predicted molar refractivity (Wildman–Crippen MR) is 81.9 cm³/mol. The molecule has 2 aliphatic rings. The summed E-state index contributed by atoms with van der Waals surface area (Å²) < 4.78 is 5.13. The summed E-state index contributed by atoms with van der Waals surface area (Å²) in [5.74, 6) is 0.0284. The van der Waals surface area contributed by atoms with E-state index in [0.717, 1.165) is 0 Å². The van der Waals surface area contributed by atoms with Gasteiger partial charge in [0.15, 0.2) is 0 Å². The number of carbonyl (C=O) groups excluding carboxylic acids is 3. The molecule has 122 valence electrons. The maximum absolute atomic E-state index is 12.3. The standard InChI is InChI=1S/C17H20N2O4/c20-15(18-11-12-5-4-10-23-12)8-3-9-19-16(21)13-6-1-2-7-14(13)17(19)22/h1-2,4-5,10,13-14H,3,6-9,11H2,(H,18,20)/t13-,14-/m0/s1. The Morgan fingerprint density at radius 2 is 1.91 bits per heavy atom. The van der Waals surface area contributed by atoms with Crippen LogP contribution < -0.4 is 5.32 Å². The van der Waals surface area contributed by atoms with Crippen LogP contribution in [0.2, 0.25) is 0 Å². The van der Waals surface area contributed by atoms with Crippen molar-refractivity contribution in [3.05, 3.63) is 36.3 Å². The topological polar surface area (TPSA) is 79.6 Å². The van der Waals surface area contributed by atoms with E-state index < -0.39 is 0 Å². The molecule has 1 aliphatic heterocycles. The summed E-state index contributed by atoms with van der Waals surface area (Å²) in [7, 11) is 0. The van der Waals surface area contributed by atoms with E-state index in [9.17, 15) is 14.4 Å². The lowest BCUT2D eigenvalue weighted by Crippen LogP contribution is -2.33. The molecule has 0 radical (unpaired) electrons. The maximum atomic E-state index is 12.3. The molecule has 1 aliphatic carbocycles. The number of nitrogens with one attached hydrogen (secondary N) is 1. The molecule has 6 nitrogen and oxygen atoms in total. The lowest BCUT2D eigenvalue weighted by atomic mass is 9.85. The van der Waals surface area contributed by atoms with Crippen LogP contribution in [0.1, 0.15) is 31.4 Å². The molecule has 1 aromatic rings. The summed E-state index contributed by atoms with van der Waals surface area (Å²) in [6.07, 6.45) is 7.56. The molecule has 0 aromatic carbocycles. The number of rotatable bonds is 6. The second-order valence-electron chi connectivity index (χ2n) is 5.94. The number of likely N-dealkylation sites (tertiary alicyclic amines) is 1. The van der Waals surface area contributed by atoms with Crippen LogP contribution in [0.15, 0.2) is 35.0 Å². The van der Waals surface area contributed by atoms with E-state index in [1.54, 1.807) is 18.4 Å². The first-order valence-corrected chi connectivity index (χ1v) is 7.96. The van der Waals surface area contributed by atoms with Gasteiger partial charge in [-0.05, 0) is 31.4 Å². The van der Waals surface area contributed by atoms with Crippen LogP contribution in [0.4, 0.5) is 0 Å². The number of hydrogen-bond donors (Lipinski definition) is 1. The third-order valence-electron chi connectivity index (χ3n) is 4.42. The van der Waals surface area contributed by atoms with Gasteiger partial charge in [-0.3, -0.25) is 19.3 Å². The van der Waals surface area contributed by atoms with Gasteiger partial charge in [0.05, 0.1) is 24.6 Å². The third-order valence-corrected chi connectivity index (χ3v) is 4.42. The molecule has 3 rings (SSSR count). The number of fused-ring (bicyclic) bond motifs is 1. The number of allylic oxidation sites excluding steroid dienone is 2. The SMILES string of the molecule is O=C(CCCN1C(=O)[C@H]2CC=CC[C@@H]2C1=O)NCc1ccco1. The Morgan fingerprint density at radius 3 is 2.52 bits per heavy atom. The number of hydrogen-bond acceptors (Lipinski definition) is 4. The largest absolute Gasteiger partial charge is 0.467 e. The monoisotopic (exact) mass is 316 g/mol. The molecule has 2 atom stereocenters. The van der Waals surface area contributed by atoms with E-state index in [1.807, 2.05) is 12.2 Å². The van der Waals surface area contributed by atoms with Gasteiger partial charge in [0.1, 0.15) is 5.76 Å². The minimum absolute atomic E-state index is 0.0830. The summed E-state index contributed by atoms with van der Waals surface area (Å²) >= 11 is 0. The van der Waals surface area contributed by atoms with Gasteiger partial charge in [-0.1, -0.05) is 12.2 Å². The van der Waals surface area contributed by atoms with E-state index in [2.05, 4.69) is 5.32 Å². The van der Waals surface area contributed by atoms with Crippen molar-refractivity contribution < 1.29 is 18.8 Å². The molecule has 0 saturated carbocycles. The molecule has 0 spiro atoms. The highest BCUT2D eigenvalue weighted by molar-refractivity contribution is 6.05. The Bertz CT molecular complexity index is 595. The molecule has 3 amide bonds. The molecule has 1 saturated heterocycles. The second kappa shape index (κ2) is 6.81. The number of carbonyl (C=O) groups is 3. The summed E-state index contributed by atoms with van der Waals surface area (Å²) in [4.78, 5) is 37.6. The molecule has 1 aromatic heterocycles. The van der Waals surface area contributed by atoms with E-state index >= 15 is 0 Å². The Hall–Kier alpha value is -2.37. The van der Waals surface area contributed by atoms with Gasteiger partial charge < -0.3 is 9.73 Å². The fourth-order valence-electron chi connectivity index (χ4n) is 3.17. The van der Waals surface area contributed by atoms with Crippen molar-refractivity contribution in [3.63, 3.8) is 0 Å². The number of imide groups is 1. The molecular formula is C17H20N2O4. The Balaban J connectivity index is 1.42. The van der Waals surface area contributed by atoms with Gasteiger partial charge in [0.2, 0.25) is 17.7 Å². The van der Waals surface area contributed by atoms with E-state index in [4.69, 9.17) is 4.42 Å². The van der Waals surface area contributed by atoms with Crippen LogP contribution >= 0.6 is 0 Å². The molecule has 0 bridgehead atoms. The minimum atomic E-state index is -0.194. The molecule has 6 heteroatoms. The first-order valence-electron chi connectivity index (χ1n) is 7.96. The van der Waals surface area contributed by atoms with Gasteiger partial charge in [-0.15, -0.1) is 0 Å². The van der Waals surface area contributed by atoms with Crippen LogP contribution in [-0.4, -0.2) is 29.2 Å². The van der Waals surface area contributed by atoms with Gasteiger partial charge in [0.25, 0.3) is 0 Å². The van der Waals surface area contributed by atoms with Crippen molar-refractivity contribution >= 4 is 17.7 Å². The smallest absolute Gasteiger partial charge is 0.233 e. The molecule has 1 N–H and O–H groups in total. The maximum Gasteiger partial charge on any atom is 0.233 e. The first kappa shape index (κ1) is 15.5. The number of nitrogens with zero attached hydrogens (tertiary/aromatic N) is 1. The molecule has 1 fully saturated rings. The third kappa shape index (κ3) is 3.36. The van der Waals surface area contributed by atoms with Crippen molar-refractivity contribution in [3.8, 4) is 0 Å². The zero-order chi connectivity index (χ0) is 16.2. The van der Waals surface area contributed by atoms with E-state index in [1.165, 1.54) is 4.90 Å². The van der Waals surface area contributed by atoms with Gasteiger partial charge >= 0.3 is 0 Å². The lowest BCUT2D eigenvalue weighted by molar-refractivity contribution is -0.140. The highest BCUT2D eigenvalue weighted by Gasteiger charge is 2.46. The fourth-order valence-corrected chi connectivity index (χ4v) is 3.17. The van der Waals surface area contributed by atoms with Gasteiger partial charge in [0, 0.05) is 13.0 Å².